The second kappa shape index (κ2) is 11.7. The number of ether oxygens (including phenoxy) is 1. The summed E-state index contributed by atoms with van der Waals surface area (Å²) in [6.45, 7) is 9.93. The van der Waals surface area contributed by atoms with E-state index in [1.165, 1.54) is 50.3 Å². The van der Waals surface area contributed by atoms with Gasteiger partial charge in [-0.1, -0.05) is 19.1 Å². The Bertz CT molecular complexity index is 488. The first-order valence-corrected chi connectivity index (χ1v) is 9.38. The lowest BCUT2D eigenvalue weighted by Crippen LogP contribution is -2.44. The van der Waals surface area contributed by atoms with E-state index in [9.17, 15) is 0 Å². The van der Waals surface area contributed by atoms with Crippen molar-refractivity contribution in [2.24, 2.45) is 0 Å². The lowest BCUT2D eigenvalue weighted by Gasteiger charge is -2.32. The molecule has 0 amide bonds. The van der Waals surface area contributed by atoms with Crippen molar-refractivity contribution in [2.75, 3.05) is 60.5 Å². The Morgan fingerprint density at radius 2 is 1.84 bits per heavy atom. The van der Waals surface area contributed by atoms with Crippen molar-refractivity contribution < 1.29 is 4.74 Å². The fourth-order valence-corrected chi connectivity index (χ4v) is 3.18. The standard InChI is InChI=1S/C20H35N3O.ClH/c1-5-15-24-20-9-8-18(16-19(20)17-21(2)3)7-6-10-23-13-11-22(4)12-14-23;/h8-9,16H,5-7,10-15,17H2,1-4H3;1H. The van der Waals surface area contributed by atoms with E-state index in [1.807, 2.05) is 0 Å². The van der Waals surface area contributed by atoms with Crippen LogP contribution in [-0.4, -0.2) is 75.2 Å². The van der Waals surface area contributed by atoms with Gasteiger partial charge in [0, 0.05) is 38.3 Å². The van der Waals surface area contributed by atoms with Gasteiger partial charge in [-0.05, 0) is 58.6 Å². The van der Waals surface area contributed by atoms with E-state index in [-0.39, 0.29) is 12.4 Å². The SMILES string of the molecule is CCCOc1ccc(CCCN2CCN(C)CC2)cc1CN(C)C.Cl. The zero-order valence-corrected chi connectivity index (χ0v) is 17.3. The van der Waals surface area contributed by atoms with E-state index in [0.29, 0.717) is 0 Å². The monoisotopic (exact) mass is 369 g/mol. The molecule has 0 saturated carbocycles. The molecule has 1 saturated heterocycles. The molecule has 1 heterocycles. The molecule has 0 bridgehead atoms. The van der Waals surface area contributed by atoms with Crippen molar-refractivity contribution in [3.63, 3.8) is 0 Å². The largest absolute Gasteiger partial charge is 0.493 e. The molecule has 0 N–H and O–H groups in total. The second-order valence-electron chi connectivity index (χ2n) is 7.28. The molecular weight excluding hydrogens is 334 g/mol. The number of aryl methyl sites for hydroxylation is 1. The third-order valence-electron chi connectivity index (χ3n) is 4.61. The Hall–Kier alpha value is -0.810. The predicted molar refractivity (Wildman–Crippen MR) is 109 cm³/mol. The van der Waals surface area contributed by atoms with Crippen LogP contribution in [0, 0.1) is 0 Å². The quantitative estimate of drug-likeness (QED) is 0.665. The Balaban J connectivity index is 0.00000312. The van der Waals surface area contributed by atoms with Crippen molar-refractivity contribution >= 4 is 12.4 Å². The third kappa shape index (κ3) is 7.95. The maximum Gasteiger partial charge on any atom is 0.123 e. The topological polar surface area (TPSA) is 19.0 Å². The average molecular weight is 370 g/mol. The van der Waals surface area contributed by atoms with Gasteiger partial charge < -0.3 is 19.4 Å². The van der Waals surface area contributed by atoms with Crippen LogP contribution in [0.25, 0.3) is 0 Å². The summed E-state index contributed by atoms with van der Waals surface area (Å²) < 4.78 is 5.91. The van der Waals surface area contributed by atoms with E-state index < -0.39 is 0 Å². The Morgan fingerprint density at radius 3 is 2.48 bits per heavy atom. The third-order valence-corrected chi connectivity index (χ3v) is 4.61. The van der Waals surface area contributed by atoms with Gasteiger partial charge in [0.25, 0.3) is 0 Å². The summed E-state index contributed by atoms with van der Waals surface area (Å²) >= 11 is 0. The summed E-state index contributed by atoms with van der Waals surface area (Å²) in [5.41, 5.74) is 2.75. The highest BCUT2D eigenvalue weighted by Gasteiger charge is 2.13. The van der Waals surface area contributed by atoms with Gasteiger partial charge in [0.05, 0.1) is 6.61 Å². The number of nitrogens with zero attached hydrogens (tertiary/aromatic N) is 3. The lowest BCUT2D eigenvalue weighted by molar-refractivity contribution is 0.153. The molecule has 0 aromatic heterocycles. The fraction of sp³-hybridized carbons (Fsp3) is 0.700. The number of benzene rings is 1. The summed E-state index contributed by atoms with van der Waals surface area (Å²) in [5.74, 6) is 1.05. The van der Waals surface area contributed by atoms with Crippen LogP contribution in [0.15, 0.2) is 18.2 Å². The number of halogens is 1. The molecule has 1 aromatic carbocycles. The lowest BCUT2D eigenvalue weighted by atomic mass is 10.0. The molecule has 0 spiro atoms. The minimum Gasteiger partial charge on any atom is -0.493 e. The van der Waals surface area contributed by atoms with Crippen molar-refractivity contribution in [3.05, 3.63) is 29.3 Å². The fourth-order valence-electron chi connectivity index (χ4n) is 3.18. The molecule has 1 aromatic rings. The molecular formula is C20H36ClN3O. The van der Waals surface area contributed by atoms with Crippen LogP contribution in [0.1, 0.15) is 30.9 Å². The van der Waals surface area contributed by atoms with Crippen LogP contribution < -0.4 is 4.74 Å². The molecule has 25 heavy (non-hydrogen) atoms. The summed E-state index contributed by atoms with van der Waals surface area (Å²) in [6, 6.07) is 6.75. The highest BCUT2D eigenvalue weighted by Crippen LogP contribution is 2.22. The summed E-state index contributed by atoms with van der Waals surface area (Å²) in [5, 5.41) is 0. The first-order valence-electron chi connectivity index (χ1n) is 9.38. The molecule has 144 valence electrons. The van der Waals surface area contributed by atoms with E-state index in [2.05, 4.69) is 61.0 Å². The smallest absolute Gasteiger partial charge is 0.123 e. The molecule has 1 fully saturated rings. The molecule has 1 aliphatic heterocycles. The van der Waals surface area contributed by atoms with Gasteiger partial charge in [0.2, 0.25) is 0 Å². The Kier molecular flexibility index (Phi) is 10.4. The van der Waals surface area contributed by atoms with Gasteiger partial charge in [0.1, 0.15) is 5.75 Å². The van der Waals surface area contributed by atoms with Crippen LogP contribution in [0.3, 0.4) is 0 Å². The number of piperazine rings is 1. The van der Waals surface area contributed by atoms with Crippen LogP contribution in [-0.2, 0) is 13.0 Å². The minimum absolute atomic E-state index is 0. The zero-order chi connectivity index (χ0) is 17.4. The summed E-state index contributed by atoms with van der Waals surface area (Å²) in [7, 11) is 6.44. The number of likely N-dealkylation sites (N-methyl/N-ethyl adjacent to an activating group) is 1. The van der Waals surface area contributed by atoms with Crippen molar-refractivity contribution in [1.29, 1.82) is 0 Å². The molecule has 0 unspecified atom stereocenters. The summed E-state index contributed by atoms with van der Waals surface area (Å²) in [4.78, 5) is 7.22. The van der Waals surface area contributed by atoms with Gasteiger partial charge >= 0.3 is 0 Å². The van der Waals surface area contributed by atoms with Crippen molar-refractivity contribution in [3.8, 4) is 5.75 Å². The van der Waals surface area contributed by atoms with Crippen LogP contribution in [0.5, 0.6) is 5.75 Å². The maximum atomic E-state index is 5.91. The molecule has 1 aliphatic rings. The molecule has 4 nitrogen and oxygen atoms in total. The first kappa shape index (κ1) is 22.2. The second-order valence-corrected chi connectivity index (χ2v) is 7.28. The zero-order valence-electron chi connectivity index (χ0n) is 16.5. The molecule has 5 heteroatoms. The number of hydrogen-bond donors (Lipinski definition) is 0. The Labute approximate surface area is 160 Å². The molecule has 2 rings (SSSR count). The maximum absolute atomic E-state index is 5.91. The van der Waals surface area contributed by atoms with Crippen molar-refractivity contribution in [2.45, 2.75) is 32.7 Å². The minimum atomic E-state index is 0. The number of rotatable bonds is 9. The first-order chi connectivity index (χ1) is 11.6. The van der Waals surface area contributed by atoms with E-state index in [4.69, 9.17) is 4.74 Å². The van der Waals surface area contributed by atoms with E-state index in [0.717, 1.165) is 31.7 Å². The summed E-state index contributed by atoms with van der Waals surface area (Å²) in [6.07, 6.45) is 3.44. The van der Waals surface area contributed by atoms with Crippen LogP contribution >= 0.6 is 12.4 Å². The molecule has 0 radical (unpaired) electrons. The highest BCUT2D eigenvalue weighted by molar-refractivity contribution is 5.85. The van der Waals surface area contributed by atoms with Crippen molar-refractivity contribution in [1.82, 2.24) is 14.7 Å². The van der Waals surface area contributed by atoms with Gasteiger partial charge in [-0.15, -0.1) is 12.4 Å². The highest BCUT2D eigenvalue weighted by atomic mass is 35.5. The van der Waals surface area contributed by atoms with E-state index >= 15 is 0 Å². The van der Waals surface area contributed by atoms with Crippen LogP contribution in [0.2, 0.25) is 0 Å². The Morgan fingerprint density at radius 1 is 1.12 bits per heavy atom. The van der Waals surface area contributed by atoms with E-state index in [1.54, 1.807) is 0 Å². The van der Waals surface area contributed by atoms with Gasteiger partial charge in [-0.2, -0.15) is 0 Å². The predicted octanol–water partition coefficient (Wildman–Crippen LogP) is 3.14. The molecule has 0 atom stereocenters. The van der Waals surface area contributed by atoms with Gasteiger partial charge in [-0.3, -0.25) is 0 Å². The van der Waals surface area contributed by atoms with Gasteiger partial charge in [0.15, 0.2) is 0 Å². The van der Waals surface area contributed by atoms with Gasteiger partial charge in [-0.25, -0.2) is 0 Å². The number of hydrogen-bond acceptors (Lipinski definition) is 4. The van der Waals surface area contributed by atoms with Crippen LogP contribution in [0.4, 0.5) is 0 Å². The average Bonchev–Trinajstić information content (AvgIpc) is 2.55. The molecule has 0 aliphatic carbocycles. The normalized spacial score (nSPS) is 16.0.